The summed E-state index contributed by atoms with van der Waals surface area (Å²) in [5, 5.41) is 3.09. The zero-order chi connectivity index (χ0) is 16.7. The second-order valence-electron chi connectivity index (χ2n) is 7.63. The number of rotatable bonds is 6. The van der Waals surface area contributed by atoms with Crippen LogP contribution in [0.3, 0.4) is 0 Å². The molecule has 1 aromatic heterocycles. The van der Waals surface area contributed by atoms with Crippen LogP contribution >= 0.6 is 0 Å². The van der Waals surface area contributed by atoms with Gasteiger partial charge in [0.1, 0.15) is 5.82 Å². The van der Waals surface area contributed by atoms with Crippen LogP contribution in [0.1, 0.15) is 32.0 Å². The first-order chi connectivity index (χ1) is 11.6. The average Bonchev–Trinajstić information content (AvgIpc) is 3.30. The van der Waals surface area contributed by atoms with Gasteiger partial charge in [-0.1, -0.05) is 6.92 Å². The lowest BCUT2D eigenvalue weighted by atomic mass is 9.73. The fourth-order valence-corrected chi connectivity index (χ4v) is 4.98. The molecule has 6 nitrogen and oxygen atoms in total. The van der Waals surface area contributed by atoms with Crippen molar-refractivity contribution in [2.24, 2.45) is 18.9 Å². The molecule has 24 heavy (non-hydrogen) atoms. The molecule has 4 heterocycles. The third-order valence-electron chi connectivity index (χ3n) is 6.28. The third kappa shape index (κ3) is 2.65. The molecule has 132 valence electrons. The number of hydrogen-bond acceptors (Lipinski definition) is 4. The molecule has 0 aromatic carbocycles. The molecular weight excluding hydrogens is 304 g/mol. The molecular formula is C18H28N4O2. The molecule has 2 bridgehead atoms. The lowest BCUT2D eigenvalue weighted by Crippen LogP contribution is -2.41. The molecule has 3 fully saturated rings. The number of imidazole rings is 1. The van der Waals surface area contributed by atoms with Crippen LogP contribution in [0.5, 0.6) is 0 Å². The molecule has 4 rings (SSSR count). The fraction of sp³-hybridized carbons (Fsp3) is 0.778. The Morgan fingerprint density at radius 1 is 1.54 bits per heavy atom. The van der Waals surface area contributed by atoms with Crippen molar-refractivity contribution in [1.82, 2.24) is 19.8 Å². The predicted octanol–water partition coefficient (Wildman–Crippen LogP) is 0.968. The highest BCUT2D eigenvalue weighted by Crippen LogP contribution is 2.54. The highest BCUT2D eigenvalue weighted by molar-refractivity contribution is 5.75. The molecule has 3 aliphatic rings. The molecule has 1 spiro atoms. The van der Waals surface area contributed by atoms with Crippen molar-refractivity contribution in [3.8, 4) is 0 Å². The van der Waals surface area contributed by atoms with Gasteiger partial charge in [0.2, 0.25) is 5.91 Å². The van der Waals surface area contributed by atoms with Gasteiger partial charge >= 0.3 is 0 Å². The SMILES string of the molecule is CCC(=O)NC[C@H]1[C@H]2CN(CCc3nccn3C)C[C@]23CC[C@H]1O3. The third-order valence-corrected chi connectivity index (χ3v) is 6.28. The van der Waals surface area contributed by atoms with E-state index >= 15 is 0 Å². The minimum absolute atomic E-state index is 0.0495. The van der Waals surface area contributed by atoms with E-state index in [1.165, 1.54) is 6.42 Å². The number of hydrogen-bond donors (Lipinski definition) is 1. The summed E-state index contributed by atoms with van der Waals surface area (Å²) < 4.78 is 8.54. The zero-order valence-corrected chi connectivity index (χ0v) is 14.7. The van der Waals surface area contributed by atoms with Gasteiger partial charge in [0, 0.05) is 70.3 Å². The van der Waals surface area contributed by atoms with Gasteiger partial charge in [-0.05, 0) is 12.8 Å². The Labute approximate surface area is 143 Å². The summed E-state index contributed by atoms with van der Waals surface area (Å²) in [4.78, 5) is 18.6. The Hall–Kier alpha value is -1.40. The Morgan fingerprint density at radius 3 is 3.17 bits per heavy atom. The molecule has 4 atom stereocenters. The van der Waals surface area contributed by atoms with Crippen molar-refractivity contribution in [3.63, 3.8) is 0 Å². The second kappa shape index (κ2) is 6.15. The van der Waals surface area contributed by atoms with Crippen LogP contribution in [0.4, 0.5) is 0 Å². The molecule has 1 amide bonds. The van der Waals surface area contributed by atoms with Gasteiger partial charge in [-0.15, -0.1) is 0 Å². The van der Waals surface area contributed by atoms with Crippen LogP contribution in [-0.4, -0.2) is 58.2 Å². The molecule has 0 radical (unpaired) electrons. The lowest BCUT2D eigenvalue weighted by molar-refractivity contribution is -0.121. The van der Waals surface area contributed by atoms with Crippen LogP contribution in [0.15, 0.2) is 12.4 Å². The van der Waals surface area contributed by atoms with E-state index < -0.39 is 0 Å². The Balaban J connectivity index is 1.37. The maximum Gasteiger partial charge on any atom is 0.219 e. The van der Waals surface area contributed by atoms with E-state index in [1.807, 2.05) is 19.3 Å². The monoisotopic (exact) mass is 332 g/mol. The summed E-state index contributed by atoms with van der Waals surface area (Å²) >= 11 is 0. The van der Waals surface area contributed by atoms with E-state index in [-0.39, 0.29) is 11.5 Å². The summed E-state index contributed by atoms with van der Waals surface area (Å²) in [7, 11) is 2.05. The first-order valence-corrected chi connectivity index (χ1v) is 9.24. The van der Waals surface area contributed by atoms with Gasteiger partial charge in [0.15, 0.2) is 0 Å². The predicted molar refractivity (Wildman–Crippen MR) is 90.5 cm³/mol. The van der Waals surface area contributed by atoms with Crippen LogP contribution in [0.2, 0.25) is 0 Å². The highest BCUT2D eigenvalue weighted by atomic mass is 16.5. The Morgan fingerprint density at radius 2 is 2.42 bits per heavy atom. The van der Waals surface area contributed by atoms with Crippen molar-refractivity contribution in [2.45, 2.75) is 44.3 Å². The van der Waals surface area contributed by atoms with E-state index in [0.29, 0.717) is 24.4 Å². The normalized spacial score (nSPS) is 34.7. The van der Waals surface area contributed by atoms with Crippen molar-refractivity contribution in [2.75, 3.05) is 26.2 Å². The average molecular weight is 332 g/mol. The Bertz CT molecular complexity index is 616. The number of amides is 1. The molecule has 1 N–H and O–H groups in total. The summed E-state index contributed by atoms with van der Waals surface area (Å²) in [5.41, 5.74) is 0.0495. The van der Waals surface area contributed by atoms with E-state index in [9.17, 15) is 4.79 Å². The topological polar surface area (TPSA) is 59.4 Å². The Kier molecular flexibility index (Phi) is 4.12. The number of nitrogens with one attached hydrogen (secondary N) is 1. The molecule has 1 aromatic rings. The second-order valence-corrected chi connectivity index (χ2v) is 7.63. The van der Waals surface area contributed by atoms with Crippen LogP contribution in [0.25, 0.3) is 0 Å². The number of carbonyl (C=O) groups excluding carboxylic acids is 1. The van der Waals surface area contributed by atoms with E-state index in [1.54, 1.807) is 0 Å². The molecule has 0 aliphatic carbocycles. The van der Waals surface area contributed by atoms with Gasteiger partial charge in [0.25, 0.3) is 0 Å². The number of likely N-dealkylation sites (tertiary alicyclic amines) is 1. The van der Waals surface area contributed by atoms with Crippen molar-refractivity contribution in [3.05, 3.63) is 18.2 Å². The molecule has 0 saturated carbocycles. The maximum atomic E-state index is 11.6. The van der Waals surface area contributed by atoms with Gasteiger partial charge < -0.3 is 14.6 Å². The molecule has 6 heteroatoms. The number of fused-ring (bicyclic) bond motifs is 1. The van der Waals surface area contributed by atoms with Gasteiger partial charge in [-0.3, -0.25) is 9.69 Å². The molecule has 3 aliphatic heterocycles. The number of ether oxygens (including phenoxy) is 1. The summed E-state index contributed by atoms with van der Waals surface area (Å²) in [6.45, 7) is 5.84. The number of carbonyl (C=O) groups is 1. The summed E-state index contributed by atoms with van der Waals surface area (Å²) in [5.74, 6) is 2.33. The lowest BCUT2D eigenvalue weighted by Gasteiger charge is -2.29. The smallest absolute Gasteiger partial charge is 0.219 e. The van der Waals surface area contributed by atoms with Crippen LogP contribution in [-0.2, 0) is 23.0 Å². The fourth-order valence-electron chi connectivity index (χ4n) is 4.98. The van der Waals surface area contributed by atoms with Crippen LogP contribution in [0, 0.1) is 11.8 Å². The highest BCUT2D eigenvalue weighted by Gasteiger charge is 2.62. The van der Waals surface area contributed by atoms with Gasteiger partial charge in [-0.2, -0.15) is 0 Å². The number of aryl methyl sites for hydroxylation is 1. The van der Waals surface area contributed by atoms with E-state index in [0.717, 1.165) is 44.8 Å². The number of aromatic nitrogens is 2. The summed E-state index contributed by atoms with van der Waals surface area (Å²) in [6, 6.07) is 0. The molecule has 0 unspecified atom stereocenters. The first-order valence-electron chi connectivity index (χ1n) is 9.24. The first kappa shape index (κ1) is 16.1. The van der Waals surface area contributed by atoms with Gasteiger partial charge in [0.05, 0.1) is 11.7 Å². The standard InChI is InChI=1S/C18H28N4O2/c1-3-17(23)20-10-13-14-11-22(8-5-16-19-7-9-21(16)2)12-18(14)6-4-15(13)24-18/h7,9,13-15H,3-6,8,10-12H2,1-2H3,(H,20,23)/t13-,14+,15+,18+/m0/s1. The minimum atomic E-state index is 0.0495. The largest absolute Gasteiger partial charge is 0.370 e. The van der Waals surface area contributed by atoms with Gasteiger partial charge in [-0.25, -0.2) is 4.98 Å². The van der Waals surface area contributed by atoms with Crippen molar-refractivity contribution >= 4 is 5.91 Å². The quantitative estimate of drug-likeness (QED) is 0.843. The van der Waals surface area contributed by atoms with E-state index in [2.05, 4.69) is 26.8 Å². The van der Waals surface area contributed by atoms with Crippen LogP contribution < -0.4 is 5.32 Å². The van der Waals surface area contributed by atoms with Crippen molar-refractivity contribution in [1.29, 1.82) is 0 Å². The summed E-state index contributed by atoms with van der Waals surface area (Å²) in [6.07, 6.45) is 8.09. The van der Waals surface area contributed by atoms with E-state index in [4.69, 9.17) is 4.74 Å². The minimum Gasteiger partial charge on any atom is -0.370 e. The molecule has 3 saturated heterocycles. The van der Waals surface area contributed by atoms with Crippen molar-refractivity contribution < 1.29 is 9.53 Å². The maximum absolute atomic E-state index is 11.6. The zero-order valence-electron chi connectivity index (χ0n) is 14.7. The number of nitrogens with zero attached hydrogens (tertiary/aromatic N) is 3.